The molecule has 4 N–H and O–H groups in total. The standard InChI is InChI=1S/C27H27F2N5O3/c1-3-4-23(35)31-9-10-37-25-24(32-14-33-26(25)30)20-12-18(28)13-22(15(20)2)34-27(36)19-8-7-17(11-21(19)29)16-5-6-16/h3-4,7-8,11-14,16H,5-6,9-10H2,1-2H3,(H,31,35)(H,34,36)(H2,30,32,33). The lowest BCUT2D eigenvalue weighted by molar-refractivity contribution is -0.116. The van der Waals surface area contributed by atoms with Crippen molar-refractivity contribution in [2.24, 2.45) is 0 Å². The minimum Gasteiger partial charge on any atom is -0.486 e. The van der Waals surface area contributed by atoms with Crippen LogP contribution in [0.25, 0.3) is 11.3 Å². The van der Waals surface area contributed by atoms with E-state index in [9.17, 15) is 18.4 Å². The first-order valence-electron chi connectivity index (χ1n) is 11.8. The molecule has 1 aromatic heterocycles. The van der Waals surface area contributed by atoms with Crippen LogP contribution in [0.15, 0.2) is 48.8 Å². The summed E-state index contributed by atoms with van der Waals surface area (Å²) in [5, 5.41) is 5.25. The lowest BCUT2D eigenvalue weighted by Crippen LogP contribution is -2.26. The molecule has 0 spiro atoms. The van der Waals surface area contributed by atoms with Crippen molar-refractivity contribution in [3.05, 3.63) is 77.1 Å². The predicted octanol–water partition coefficient (Wildman–Crippen LogP) is 4.51. The van der Waals surface area contributed by atoms with Gasteiger partial charge in [-0.3, -0.25) is 9.59 Å². The maximum absolute atomic E-state index is 14.7. The molecule has 8 nitrogen and oxygen atoms in total. The van der Waals surface area contributed by atoms with Crippen LogP contribution in [0.5, 0.6) is 5.75 Å². The van der Waals surface area contributed by atoms with Gasteiger partial charge in [0.05, 0.1) is 12.1 Å². The summed E-state index contributed by atoms with van der Waals surface area (Å²) in [4.78, 5) is 32.6. The molecule has 1 heterocycles. The van der Waals surface area contributed by atoms with E-state index in [1.165, 1.54) is 30.6 Å². The number of nitrogens with one attached hydrogen (secondary N) is 2. The monoisotopic (exact) mass is 507 g/mol. The summed E-state index contributed by atoms with van der Waals surface area (Å²) in [5.41, 5.74) is 7.87. The molecular formula is C27H27F2N5O3. The fraction of sp³-hybridized carbons (Fsp3) is 0.259. The summed E-state index contributed by atoms with van der Waals surface area (Å²) in [6.07, 6.45) is 6.23. The molecule has 0 saturated heterocycles. The van der Waals surface area contributed by atoms with E-state index in [1.54, 1.807) is 26.0 Å². The normalized spacial score (nSPS) is 13.0. The Bertz CT molecular complexity index is 1370. The topological polar surface area (TPSA) is 119 Å². The molecule has 37 heavy (non-hydrogen) atoms. The van der Waals surface area contributed by atoms with Crippen LogP contribution in [0.4, 0.5) is 20.3 Å². The van der Waals surface area contributed by atoms with E-state index in [-0.39, 0.29) is 47.6 Å². The highest BCUT2D eigenvalue weighted by Gasteiger charge is 2.25. The van der Waals surface area contributed by atoms with E-state index in [1.807, 2.05) is 0 Å². The summed E-state index contributed by atoms with van der Waals surface area (Å²) in [5.74, 6) is -1.77. The Morgan fingerprint density at radius 1 is 1.19 bits per heavy atom. The van der Waals surface area contributed by atoms with Gasteiger partial charge in [-0.1, -0.05) is 12.1 Å². The molecular weight excluding hydrogens is 480 g/mol. The van der Waals surface area contributed by atoms with E-state index >= 15 is 0 Å². The van der Waals surface area contributed by atoms with Crippen molar-refractivity contribution < 1.29 is 23.1 Å². The molecule has 2 amide bonds. The number of hydrogen-bond acceptors (Lipinski definition) is 6. The Hall–Kier alpha value is -4.34. The number of nitrogens with two attached hydrogens (primary N) is 1. The molecule has 1 saturated carbocycles. The van der Waals surface area contributed by atoms with Crippen LogP contribution in [0.2, 0.25) is 0 Å². The first-order valence-corrected chi connectivity index (χ1v) is 11.8. The van der Waals surface area contributed by atoms with Crippen LogP contribution in [0, 0.1) is 18.6 Å². The smallest absolute Gasteiger partial charge is 0.258 e. The van der Waals surface area contributed by atoms with Crippen molar-refractivity contribution in [1.82, 2.24) is 15.3 Å². The van der Waals surface area contributed by atoms with E-state index in [2.05, 4.69) is 20.6 Å². The second kappa shape index (κ2) is 11.2. The number of hydrogen-bond donors (Lipinski definition) is 3. The van der Waals surface area contributed by atoms with Crippen molar-refractivity contribution in [1.29, 1.82) is 0 Å². The van der Waals surface area contributed by atoms with Crippen molar-refractivity contribution in [2.45, 2.75) is 32.6 Å². The first-order chi connectivity index (χ1) is 17.8. The fourth-order valence-corrected chi connectivity index (χ4v) is 3.89. The maximum atomic E-state index is 14.7. The van der Waals surface area contributed by atoms with E-state index < -0.39 is 17.5 Å². The fourth-order valence-electron chi connectivity index (χ4n) is 3.89. The van der Waals surface area contributed by atoms with Gasteiger partial charge in [0.25, 0.3) is 5.91 Å². The second-order valence-electron chi connectivity index (χ2n) is 8.67. The Morgan fingerprint density at radius 3 is 2.68 bits per heavy atom. The van der Waals surface area contributed by atoms with Gasteiger partial charge in [0.2, 0.25) is 5.91 Å². The van der Waals surface area contributed by atoms with Gasteiger partial charge < -0.3 is 21.1 Å². The third kappa shape index (κ3) is 6.08. The van der Waals surface area contributed by atoms with Crippen LogP contribution in [-0.4, -0.2) is 34.9 Å². The molecule has 4 rings (SSSR count). The summed E-state index contributed by atoms with van der Waals surface area (Å²) in [6, 6.07) is 6.95. The van der Waals surface area contributed by atoms with Gasteiger partial charge in [-0.25, -0.2) is 18.7 Å². The van der Waals surface area contributed by atoms with Gasteiger partial charge in [0.1, 0.15) is 30.3 Å². The average Bonchev–Trinajstić information content (AvgIpc) is 3.70. The van der Waals surface area contributed by atoms with Gasteiger partial charge >= 0.3 is 0 Å². The van der Waals surface area contributed by atoms with E-state index in [4.69, 9.17) is 10.5 Å². The number of nitrogens with zero attached hydrogens (tertiary/aromatic N) is 2. The number of carbonyl (C=O) groups is 2. The zero-order valence-electron chi connectivity index (χ0n) is 20.5. The van der Waals surface area contributed by atoms with Gasteiger partial charge in [-0.15, -0.1) is 0 Å². The predicted molar refractivity (Wildman–Crippen MR) is 136 cm³/mol. The molecule has 0 atom stereocenters. The van der Waals surface area contributed by atoms with Gasteiger partial charge in [-0.05, 0) is 74.1 Å². The lowest BCUT2D eigenvalue weighted by Gasteiger charge is -2.17. The number of benzene rings is 2. The SMILES string of the molecule is CC=CC(=O)NCCOc1c(N)ncnc1-c1cc(F)cc(NC(=O)c2ccc(C3CC3)cc2F)c1C. The first kappa shape index (κ1) is 25.7. The summed E-state index contributed by atoms with van der Waals surface area (Å²) in [7, 11) is 0. The summed E-state index contributed by atoms with van der Waals surface area (Å²) >= 11 is 0. The molecule has 10 heteroatoms. The van der Waals surface area contributed by atoms with Crippen LogP contribution in [0.3, 0.4) is 0 Å². The van der Waals surface area contributed by atoms with E-state index in [0.717, 1.165) is 24.5 Å². The third-order valence-electron chi connectivity index (χ3n) is 5.96. The van der Waals surface area contributed by atoms with Crippen molar-refractivity contribution in [3.63, 3.8) is 0 Å². The number of aromatic nitrogens is 2. The number of rotatable bonds is 9. The van der Waals surface area contributed by atoms with Gasteiger partial charge in [0.15, 0.2) is 11.6 Å². The van der Waals surface area contributed by atoms with Crippen LogP contribution < -0.4 is 21.1 Å². The number of anilines is 2. The number of ether oxygens (including phenoxy) is 1. The molecule has 0 aliphatic heterocycles. The molecule has 0 unspecified atom stereocenters. The third-order valence-corrected chi connectivity index (χ3v) is 5.96. The molecule has 192 valence electrons. The minimum absolute atomic E-state index is 0.0249. The minimum atomic E-state index is -0.699. The zero-order valence-corrected chi connectivity index (χ0v) is 20.5. The largest absolute Gasteiger partial charge is 0.486 e. The van der Waals surface area contributed by atoms with E-state index in [0.29, 0.717) is 17.0 Å². The maximum Gasteiger partial charge on any atom is 0.258 e. The molecule has 2 aromatic carbocycles. The average molecular weight is 508 g/mol. The van der Waals surface area contributed by atoms with Crippen molar-refractivity contribution in [3.8, 4) is 17.0 Å². The summed E-state index contributed by atoms with van der Waals surface area (Å²) in [6.45, 7) is 3.63. The van der Waals surface area contributed by atoms with Crippen LogP contribution >= 0.6 is 0 Å². The Morgan fingerprint density at radius 2 is 1.97 bits per heavy atom. The van der Waals surface area contributed by atoms with Crippen LogP contribution in [-0.2, 0) is 4.79 Å². The highest BCUT2D eigenvalue weighted by atomic mass is 19.1. The molecule has 0 bridgehead atoms. The van der Waals surface area contributed by atoms with Crippen molar-refractivity contribution in [2.75, 3.05) is 24.2 Å². The van der Waals surface area contributed by atoms with Crippen molar-refractivity contribution >= 4 is 23.3 Å². The zero-order chi connectivity index (χ0) is 26.5. The molecule has 1 fully saturated rings. The van der Waals surface area contributed by atoms with Gasteiger partial charge in [0, 0.05) is 11.3 Å². The Labute approximate surface area is 213 Å². The number of allylic oxidation sites excluding steroid dienone is 1. The number of amides is 2. The molecule has 3 aromatic rings. The second-order valence-corrected chi connectivity index (χ2v) is 8.67. The number of carbonyl (C=O) groups excluding carboxylic acids is 2. The molecule has 1 aliphatic rings. The van der Waals surface area contributed by atoms with Gasteiger partial charge in [-0.2, -0.15) is 0 Å². The lowest BCUT2D eigenvalue weighted by atomic mass is 10.0. The highest BCUT2D eigenvalue weighted by molar-refractivity contribution is 6.05. The summed E-state index contributed by atoms with van der Waals surface area (Å²) < 4.78 is 35.1. The highest BCUT2D eigenvalue weighted by Crippen LogP contribution is 2.40. The molecule has 0 radical (unpaired) electrons. The molecule has 1 aliphatic carbocycles. The Kier molecular flexibility index (Phi) is 7.76. The number of halogens is 2. The Balaban J connectivity index is 1.58. The quantitative estimate of drug-likeness (QED) is 0.290. The number of nitrogen functional groups attached to an aromatic ring is 1. The van der Waals surface area contributed by atoms with Crippen LogP contribution in [0.1, 0.15) is 47.2 Å².